The molecule has 1 saturated heterocycles. The Morgan fingerprint density at radius 2 is 2.04 bits per heavy atom. The van der Waals surface area contributed by atoms with Gasteiger partial charge in [-0.15, -0.1) is 0 Å². The van der Waals surface area contributed by atoms with Gasteiger partial charge in [0.2, 0.25) is 5.91 Å². The second-order valence-electron chi connectivity index (χ2n) is 7.38. The van der Waals surface area contributed by atoms with Gasteiger partial charge < -0.3 is 15.1 Å². The molecule has 3 rings (SSSR count). The highest BCUT2D eigenvalue weighted by molar-refractivity contribution is 5.83. The highest BCUT2D eigenvalue weighted by Gasteiger charge is 2.38. The number of nitrogens with one attached hydrogen (secondary N) is 1. The number of aromatic nitrogens is 2. The van der Waals surface area contributed by atoms with Gasteiger partial charge in [-0.2, -0.15) is 0 Å². The van der Waals surface area contributed by atoms with Crippen LogP contribution >= 0.6 is 0 Å². The van der Waals surface area contributed by atoms with Crippen LogP contribution in [0.15, 0.2) is 42.7 Å². The van der Waals surface area contributed by atoms with E-state index in [0.717, 1.165) is 36.6 Å². The fraction of sp³-hybridized carbons (Fsp3) is 0.450. The summed E-state index contributed by atoms with van der Waals surface area (Å²) in [4.78, 5) is 25.7. The van der Waals surface area contributed by atoms with Crippen molar-refractivity contribution in [1.29, 1.82) is 0 Å². The second kappa shape index (κ2) is 7.72. The monoisotopic (exact) mass is 353 g/mol. The number of hydrogen-bond donors (Lipinski definition) is 1. The van der Waals surface area contributed by atoms with Gasteiger partial charge in [-0.25, -0.2) is 9.97 Å². The topological polar surface area (TPSA) is 61.4 Å². The number of nitrogens with zero attached hydrogens (tertiary/aromatic N) is 4. The van der Waals surface area contributed by atoms with E-state index in [1.165, 1.54) is 0 Å². The Hall–Kier alpha value is -2.63. The number of amides is 1. The van der Waals surface area contributed by atoms with Crippen LogP contribution in [0.1, 0.15) is 25.3 Å². The molecule has 0 radical (unpaired) electrons. The maximum atomic E-state index is 12.9. The van der Waals surface area contributed by atoms with Crippen LogP contribution in [0.5, 0.6) is 0 Å². The molecule has 6 heteroatoms. The lowest BCUT2D eigenvalue weighted by atomic mass is 9.81. The Morgan fingerprint density at radius 3 is 2.77 bits per heavy atom. The molecule has 6 nitrogen and oxygen atoms in total. The zero-order valence-corrected chi connectivity index (χ0v) is 15.8. The predicted molar refractivity (Wildman–Crippen MR) is 104 cm³/mol. The van der Waals surface area contributed by atoms with Crippen LogP contribution < -0.4 is 15.1 Å². The third-order valence-electron chi connectivity index (χ3n) is 4.96. The summed E-state index contributed by atoms with van der Waals surface area (Å²) in [5.41, 5.74) is 0.694. The molecular formula is C20H27N5O. The lowest BCUT2D eigenvalue weighted by Gasteiger charge is -2.40. The summed E-state index contributed by atoms with van der Waals surface area (Å²) in [7, 11) is 3.92. The molecule has 0 spiro atoms. The van der Waals surface area contributed by atoms with E-state index in [-0.39, 0.29) is 5.91 Å². The Balaban J connectivity index is 1.68. The van der Waals surface area contributed by atoms with Crippen molar-refractivity contribution in [2.45, 2.75) is 26.3 Å². The molecule has 1 fully saturated rings. The van der Waals surface area contributed by atoms with Gasteiger partial charge in [-0.3, -0.25) is 4.79 Å². The van der Waals surface area contributed by atoms with Crippen LogP contribution in [0.25, 0.3) is 0 Å². The van der Waals surface area contributed by atoms with Gasteiger partial charge in [-0.1, -0.05) is 30.3 Å². The summed E-state index contributed by atoms with van der Waals surface area (Å²) in [6, 6.07) is 12.0. The molecule has 1 amide bonds. The first kappa shape index (κ1) is 18.2. The number of piperidine rings is 1. The summed E-state index contributed by atoms with van der Waals surface area (Å²) in [5.74, 6) is 1.86. The van der Waals surface area contributed by atoms with Gasteiger partial charge in [0.1, 0.15) is 18.0 Å². The number of benzene rings is 1. The van der Waals surface area contributed by atoms with Gasteiger partial charge in [-0.05, 0) is 25.3 Å². The molecule has 1 N–H and O–H groups in total. The van der Waals surface area contributed by atoms with Crippen LogP contribution in [0.4, 0.5) is 11.6 Å². The Labute approximate surface area is 155 Å². The van der Waals surface area contributed by atoms with Crippen molar-refractivity contribution < 1.29 is 4.79 Å². The first-order chi connectivity index (χ1) is 12.5. The van der Waals surface area contributed by atoms with Crippen molar-refractivity contribution in [2.75, 3.05) is 37.0 Å². The fourth-order valence-electron chi connectivity index (χ4n) is 3.37. The minimum atomic E-state index is -0.420. The van der Waals surface area contributed by atoms with Crippen molar-refractivity contribution in [3.8, 4) is 0 Å². The summed E-state index contributed by atoms with van der Waals surface area (Å²) in [6.45, 7) is 4.18. The van der Waals surface area contributed by atoms with Crippen LogP contribution in [0.3, 0.4) is 0 Å². The summed E-state index contributed by atoms with van der Waals surface area (Å²) < 4.78 is 0. The zero-order valence-electron chi connectivity index (χ0n) is 15.8. The summed E-state index contributed by atoms with van der Waals surface area (Å²) in [6.07, 6.45) is 3.44. The molecule has 0 aliphatic carbocycles. The number of rotatable bonds is 5. The number of hydrogen-bond acceptors (Lipinski definition) is 5. The molecule has 26 heavy (non-hydrogen) atoms. The fourth-order valence-corrected chi connectivity index (χ4v) is 3.37. The van der Waals surface area contributed by atoms with E-state index >= 15 is 0 Å². The van der Waals surface area contributed by atoms with Crippen LogP contribution in [-0.4, -0.2) is 43.1 Å². The normalized spacial score (nSPS) is 19.9. The third kappa shape index (κ3) is 4.12. The van der Waals surface area contributed by atoms with Crippen molar-refractivity contribution in [3.05, 3.63) is 48.3 Å². The highest BCUT2D eigenvalue weighted by atomic mass is 16.2. The Kier molecular flexibility index (Phi) is 5.40. The Bertz CT molecular complexity index is 749. The molecule has 1 aliphatic heterocycles. The SMILES string of the molecule is CN(C)c1cc(N2CCC[C@@](C)(C(=O)NCc3ccccc3)C2)ncn1. The van der Waals surface area contributed by atoms with E-state index in [9.17, 15) is 4.79 Å². The molecule has 1 aromatic heterocycles. The second-order valence-corrected chi connectivity index (χ2v) is 7.38. The predicted octanol–water partition coefficient (Wildman–Crippen LogP) is 2.47. The van der Waals surface area contributed by atoms with Crippen LogP contribution in [-0.2, 0) is 11.3 Å². The molecule has 0 saturated carbocycles. The van der Waals surface area contributed by atoms with Crippen molar-refractivity contribution in [2.24, 2.45) is 5.41 Å². The van der Waals surface area contributed by atoms with Gasteiger partial charge in [0.05, 0.1) is 5.41 Å². The maximum absolute atomic E-state index is 12.9. The first-order valence-electron chi connectivity index (χ1n) is 9.04. The van der Waals surface area contributed by atoms with Gasteiger partial charge in [0.15, 0.2) is 0 Å². The molecular weight excluding hydrogens is 326 g/mol. The molecule has 0 unspecified atom stereocenters. The molecule has 2 aromatic rings. The van der Waals surface area contributed by atoms with Gasteiger partial charge in [0.25, 0.3) is 0 Å². The van der Waals surface area contributed by atoms with Crippen molar-refractivity contribution in [1.82, 2.24) is 15.3 Å². The van der Waals surface area contributed by atoms with Crippen molar-refractivity contribution in [3.63, 3.8) is 0 Å². The van der Waals surface area contributed by atoms with E-state index in [1.54, 1.807) is 6.33 Å². The number of carbonyl (C=O) groups excluding carboxylic acids is 1. The van der Waals surface area contributed by atoms with Crippen LogP contribution in [0, 0.1) is 5.41 Å². The Morgan fingerprint density at radius 1 is 1.27 bits per heavy atom. The minimum absolute atomic E-state index is 0.105. The minimum Gasteiger partial charge on any atom is -0.363 e. The molecule has 2 heterocycles. The lowest BCUT2D eigenvalue weighted by molar-refractivity contribution is -0.130. The van der Waals surface area contributed by atoms with E-state index in [1.807, 2.05) is 62.3 Å². The molecule has 1 atom stereocenters. The molecule has 138 valence electrons. The maximum Gasteiger partial charge on any atom is 0.227 e. The summed E-state index contributed by atoms with van der Waals surface area (Å²) >= 11 is 0. The number of carbonyl (C=O) groups is 1. The third-order valence-corrected chi connectivity index (χ3v) is 4.96. The van der Waals surface area contributed by atoms with Gasteiger partial charge in [0, 0.05) is 39.8 Å². The smallest absolute Gasteiger partial charge is 0.227 e. The van der Waals surface area contributed by atoms with E-state index in [0.29, 0.717) is 13.1 Å². The van der Waals surface area contributed by atoms with E-state index < -0.39 is 5.41 Å². The van der Waals surface area contributed by atoms with Gasteiger partial charge >= 0.3 is 0 Å². The van der Waals surface area contributed by atoms with E-state index in [4.69, 9.17) is 0 Å². The lowest BCUT2D eigenvalue weighted by Crippen LogP contribution is -2.50. The first-order valence-corrected chi connectivity index (χ1v) is 9.04. The summed E-state index contributed by atoms with van der Waals surface area (Å²) in [5, 5.41) is 3.10. The largest absolute Gasteiger partial charge is 0.363 e. The van der Waals surface area contributed by atoms with Crippen LogP contribution in [0.2, 0.25) is 0 Å². The highest BCUT2D eigenvalue weighted by Crippen LogP contribution is 2.32. The standard InChI is InChI=1S/C20H27N5O/c1-20(19(26)21-13-16-8-5-4-6-9-16)10-7-11-25(14-20)18-12-17(24(2)3)22-15-23-18/h4-6,8-9,12,15H,7,10-11,13-14H2,1-3H3,(H,21,26)/t20-/m1/s1. The molecule has 1 aromatic carbocycles. The van der Waals surface area contributed by atoms with E-state index in [2.05, 4.69) is 20.2 Å². The van der Waals surface area contributed by atoms with Crippen molar-refractivity contribution >= 4 is 17.5 Å². The quantitative estimate of drug-likeness (QED) is 0.895. The molecule has 1 aliphatic rings. The molecule has 0 bridgehead atoms. The average Bonchev–Trinajstić information content (AvgIpc) is 2.67. The number of anilines is 2. The average molecular weight is 353 g/mol. The zero-order chi connectivity index (χ0) is 18.6.